The Labute approximate surface area is 297 Å². The summed E-state index contributed by atoms with van der Waals surface area (Å²) in [7, 11) is 0. The van der Waals surface area contributed by atoms with Gasteiger partial charge < -0.3 is 25.4 Å². The van der Waals surface area contributed by atoms with Crippen LogP contribution >= 0.6 is 0 Å². The van der Waals surface area contributed by atoms with Gasteiger partial charge in [-0.2, -0.15) is 5.26 Å². The molecule has 2 fully saturated rings. The van der Waals surface area contributed by atoms with E-state index in [4.69, 9.17) is 0 Å². The fourth-order valence-electron chi connectivity index (χ4n) is 7.33. The van der Waals surface area contributed by atoms with Gasteiger partial charge in [-0.05, 0) is 72.7 Å². The number of carbonyl (C=O) groups excluding carboxylic acids is 3. The molecule has 3 heterocycles. The minimum absolute atomic E-state index is 0.0590. The molecule has 0 saturated carbocycles. The third kappa shape index (κ3) is 7.26. The van der Waals surface area contributed by atoms with E-state index in [0.717, 1.165) is 52.9 Å². The number of anilines is 2. The van der Waals surface area contributed by atoms with Crippen LogP contribution < -0.4 is 10.6 Å². The number of aromatic nitrogens is 1. The van der Waals surface area contributed by atoms with Crippen molar-refractivity contribution in [2.75, 3.05) is 23.7 Å². The van der Waals surface area contributed by atoms with Crippen LogP contribution in [0.15, 0.2) is 115 Å². The highest BCUT2D eigenvalue weighted by Gasteiger charge is 2.34. The molecule has 4 aromatic carbocycles. The second-order valence-electron chi connectivity index (χ2n) is 13.3. The van der Waals surface area contributed by atoms with E-state index in [9.17, 15) is 19.6 Å². The molecule has 2 saturated heterocycles. The second kappa shape index (κ2) is 14.8. The smallest absolute Gasteiger partial charge is 0.247 e. The van der Waals surface area contributed by atoms with Crippen molar-refractivity contribution < 1.29 is 14.4 Å². The van der Waals surface area contributed by atoms with Gasteiger partial charge in [-0.15, -0.1) is 0 Å². The Bertz CT molecular complexity index is 2120. The molecule has 51 heavy (non-hydrogen) atoms. The van der Waals surface area contributed by atoms with E-state index in [1.807, 2.05) is 108 Å². The summed E-state index contributed by atoms with van der Waals surface area (Å²) in [6, 6.07) is 34.3. The Hall–Kier alpha value is -6.14. The first-order valence-corrected chi connectivity index (χ1v) is 17.5. The molecule has 2 atom stereocenters. The van der Waals surface area contributed by atoms with Gasteiger partial charge in [0.05, 0.1) is 30.1 Å². The lowest BCUT2D eigenvalue weighted by Gasteiger charge is -2.27. The molecule has 2 aliphatic heterocycles. The van der Waals surface area contributed by atoms with Crippen molar-refractivity contribution in [1.29, 1.82) is 5.26 Å². The maximum atomic E-state index is 13.4. The largest absolute Gasteiger partial charge is 0.358 e. The average molecular weight is 677 g/mol. The van der Waals surface area contributed by atoms with Crippen LogP contribution in [-0.4, -0.2) is 57.7 Å². The summed E-state index contributed by atoms with van der Waals surface area (Å²) in [5.74, 6) is -0.188. The maximum absolute atomic E-state index is 13.4. The molecule has 7 rings (SSSR count). The Kier molecular flexibility index (Phi) is 9.66. The Balaban J connectivity index is 1.01. The van der Waals surface area contributed by atoms with Crippen LogP contribution in [0.1, 0.15) is 42.4 Å². The van der Waals surface area contributed by atoms with Gasteiger partial charge in [-0.1, -0.05) is 79.4 Å². The minimum Gasteiger partial charge on any atom is -0.358 e. The Morgan fingerprint density at radius 2 is 1.31 bits per heavy atom. The highest BCUT2D eigenvalue weighted by atomic mass is 16.2. The maximum Gasteiger partial charge on any atom is 0.247 e. The highest BCUT2D eigenvalue weighted by molar-refractivity contribution is 6.01. The first-order chi connectivity index (χ1) is 24.9. The van der Waals surface area contributed by atoms with Crippen LogP contribution in [0.4, 0.5) is 11.4 Å². The number of nitrogens with one attached hydrogen (secondary N) is 3. The van der Waals surface area contributed by atoms with Crippen molar-refractivity contribution in [3.63, 3.8) is 0 Å². The number of benzene rings is 4. The predicted octanol–water partition coefficient (Wildman–Crippen LogP) is 7.04. The number of nitriles is 1. The molecule has 0 radical (unpaired) electrons. The summed E-state index contributed by atoms with van der Waals surface area (Å²) in [6.45, 7) is 5.56. The van der Waals surface area contributed by atoms with Crippen molar-refractivity contribution in [3.05, 3.63) is 132 Å². The third-order valence-electron chi connectivity index (χ3n) is 9.90. The van der Waals surface area contributed by atoms with Crippen LogP contribution in [0.25, 0.3) is 22.2 Å². The fraction of sp³-hybridized carbons (Fsp3) is 0.238. The number of fused-ring (bicyclic) bond motifs is 1. The third-order valence-corrected chi connectivity index (χ3v) is 9.90. The minimum atomic E-state index is -0.538. The molecule has 2 aliphatic rings. The number of nitrogens with zero attached hydrogens (tertiary/aromatic N) is 3. The Morgan fingerprint density at radius 3 is 1.92 bits per heavy atom. The zero-order chi connectivity index (χ0) is 35.3. The van der Waals surface area contributed by atoms with Crippen LogP contribution in [0.2, 0.25) is 0 Å². The molecule has 1 aromatic heterocycles. The van der Waals surface area contributed by atoms with Crippen molar-refractivity contribution in [3.8, 4) is 17.3 Å². The van der Waals surface area contributed by atoms with E-state index < -0.39 is 6.04 Å². The molecule has 9 nitrogen and oxygen atoms in total. The van der Waals surface area contributed by atoms with Gasteiger partial charge in [0.25, 0.3) is 0 Å². The molecular formula is C42H40N6O3. The highest BCUT2D eigenvalue weighted by Crippen LogP contribution is 2.33. The summed E-state index contributed by atoms with van der Waals surface area (Å²) in [5.41, 5.74) is 6.88. The molecule has 3 N–H and O–H groups in total. The Morgan fingerprint density at radius 1 is 0.745 bits per heavy atom. The lowest BCUT2D eigenvalue weighted by Crippen LogP contribution is -2.43. The normalized spacial score (nSPS) is 16.9. The predicted molar refractivity (Wildman–Crippen MR) is 200 cm³/mol. The first-order valence-electron chi connectivity index (χ1n) is 17.5. The number of carbonyl (C=O) groups is 3. The zero-order valence-corrected chi connectivity index (χ0v) is 28.4. The summed E-state index contributed by atoms with van der Waals surface area (Å²) in [5, 5.41) is 17.3. The van der Waals surface area contributed by atoms with Gasteiger partial charge in [0.15, 0.2) is 0 Å². The molecule has 0 aliphatic carbocycles. The fourth-order valence-corrected chi connectivity index (χ4v) is 7.33. The van der Waals surface area contributed by atoms with E-state index >= 15 is 0 Å². The average Bonchev–Trinajstić information content (AvgIpc) is 3.92. The molecule has 3 amide bonds. The van der Waals surface area contributed by atoms with Crippen molar-refractivity contribution in [2.24, 2.45) is 0 Å². The lowest BCUT2D eigenvalue weighted by atomic mass is 10.0. The van der Waals surface area contributed by atoms with Crippen molar-refractivity contribution in [2.45, 2.75) is 50.6 Å². The molecule has 0 bridgehead atoms. The number of aromatic amines is 1. The van der Waals surface area contributed by atoms with Crippen molar-refractivity contribution >= 4 is 40.0 Å². The molecule has 5 aromatic rings. The van der Waals surface area contributed by atoms with E-state index in [1.54, 1.807) is 4.90 Å². The first kappa shape index (κ1) is 33.4. The van der Waals surface area contributed by atoms with E-state index in [0.29, 0.717) is 48.3 Å². The number of likely N-dealkylation sites (tertiary alicyclic amines) is 2. The van der Waals surface area contributed by atoms with Crippen LogP contribution in [0, 0.1) is 11.3 Å². The van der Waals surface area contributed by atoms with E-state index in [1.165, 1.54) is 0 Å². The van der Waals surface area contributed by atoms with Gasteiger partial charge in [0, 0.05) is 41.1 Å². The lowest BCUT2D eigenvalue weighted by molar-refractivity contribution is -0.136. The molecular weight excluding hydrogens is 637 g/mol. The van der Waals surface area contributed by atoms with Crippen LogP contribution in [0.3, 0.4) is 0 Å². The number of amides is 3. The van der Waals surface area contributed by atoms with Crippen LogP contribution in [-0.2, 0) is 27.2 Å². The summed E-state index contributed by atoms with van der Waals surface area (Å²) >= 11 is 0. The van der Waals surface area contributed by atoms with E-state index in [2.05, 4.69) is 28.3 Å². The number of hydrogen-bond acceptors (Lipinski definition) is 5. The molecule has 256 valence electrons. The second-order valence-corrected chi connectivity index (χ2v) is 13.3. The van der Waals surface area contributed by atoms with Gasteiger partial charge in [0.2, 0.25) is 17.7 Å². The topological polar surface area (TPSA) is 121 Å². The van der Waals surface area contributed by atoms with Gasteiger partial charge in [-0.3, -0.25) is 14.4 Å². The summed E-state index contributed by atoms with van der Waals surface area (Å²) in [6.07, 6.45) is 3.80. The monoisotopic (exact) mass is 676 g/mol. The van der Waals surface area contributed by atoms with E-state index in [-0.39, 0.29) is 30.2 Å². The summed E-state index contributed by atoms with van der Waals surface area (Å²) < 4.78 is 0. The summed E-state index contributed by atoms with van der Waals surface area (Å²) in [4.78, 5) is 46.6. The van der Waals surface area contributed by atoms with Crippen molar-refractivity contribution in [1.82, 2.24) is 14.8 Å². The van der Waals surface area contributed by atoms with Gasteiger partial charge in [0.1, 0.15) is 12.1 Å². The zero-order valence-electron chi connectivity index (χ0n) is 28.4. The van der Waals surface area contributed by atoms with Gasteiger partial charge >= 0.3 is 0 Å². The molecule has 0 unspecified atom stereocenters. The SMILES string of the molecule is C=C(Nc1ccc(-c2[nH]c3ccc(NC(=O)[C@@H]4CCCN4C(=O)Cc4ccccc4)cc3c2C#N)cc1)[C@@H]1CCCN1C(=O)Cc1ccccc1. The molecule has 9 heteroatoms. The number of hydrogen-bond donors (Lipinski definition) is 3. The van der Waals surface area contributed by atoms with Gasteiger partial charge in [-0.25, -0.2) is 0 Å². The number of H-pyrrole nitrogens is 1. The van der Waals surface area contributed by atoms with Crippen LogP contribution in [0.5, 0.6) is 0 Å². The quantitative estimate of drug-likeness (QED) is 0.147. The standard InChI is InChI=1S/C42H40N6O3/c1-28(37-14-8-22-47(37)39(49)24-29-10-4-2-5-11-29)44-32-18-16-31(17-19-32)41-35(27-43)34-26-33(20-21-36(34)46-41)45-42(51)38-15-9-23-48(38)40(50)25-30-12-6-3-7-13-30/h2-7,10-13,16-21,26,37-38,44,46H,1,8-9,14-15,22-25H2,(H,45,51)/t37-,38-/m0/s1. The number of rotatable bonds is 10. The molecule has 0 spiro atoms.